The predicted octanol–water partition coefficient (Wildman–Crippen LogP) is 3.93. The van der Waals surface area contributed by atoms with Crippen LogP contribution in [0.25, 0.3) is 16.6 Å². The van der Waals surface area contributed by atoms with E-state index in [1.807, 2.05) is 69.1 Å². The van der Waals surface area contributed by atoms with Gasteiger partial charge in [-0.05, 0) is 60.2 Å². The Kier molecular flexibility index (Phi) is 4.76. The van der Waals surface area contributed by atoms with E-state index in [0.29, 0.717) is 31.2 Å². The predicted molar refractivity (Wildman–Crippen MR) is 135 cm³/mol. The molecule has 0 aliphatic carbocycles. The smallest absolute Gasteiger partial charge is 0.254 e. The van der Waals surface area contributed by atoms with Gasteiger partial charge in [-0.2, -0.15) is 0 Å². The van der Waals surface area contributed by atoms with E-state index in [2.05, 4.69) is 4.90 Å². The van der Waals surface area contributed by atoms with E-state index in [1.54, 1.807) is 12.1 Å². The molecular weight excluding hydrogens is 455 g/mol. The number of hydrogen-bond acceptors (Lipinski definition) is 3. The van der Waals surface area contributed by atoms with Gasteiger partial charge in [-0.1, -0.05) is 18.2 Å². The first-order valence-electron chi connectivity index (χ1n) is 12.3. The third-order valence-electron chi connectivity index (χ3n) is 7.89. The fraction of sp³-hybridized carbons (Fsp3) is 0.241. The molecular formula is C29H25FN4O2. The zero-order valence-electron chi connectivity index (χ0n) is 19.7. The maximum Gasteiger partial charge on any atom is 0.254 e. The lowest BCUT2D eigenvalue weighted by Gasteiger charge is -2.53. The van der Waals surface area contributed by atoms with Gasteiger partial charge in [-0.15, -0.1) is 0 Å². The Morgan fingerprint density at radius 2 is 1.64 bits per heavy atom. The van der Waals surface area contributed by atoms with Gasteiger partial charge in [-0.25, -0.2) is 4.39 Å². The number of carbonyl (C=O) groups excluding carboxylic acids is 2. The number of amides is 2. The van der Waals surface area contributed by atoms with Crippen molar-refractivity contribution in [3.63, 3.8) is 0 Å². The first kappa shape index (κ1) is 21.3. The molecule has 0 N–H and O–H groups in total. The van der Waals surface area contributed by atoms with E-state index in [9.17, 15) is 14.0 Å². The van der Waals surface area contributed by atoms with Crippen LogP contribution in [0.4, 0.5) is 4.39 Å². The zero-order chi connectivity index (χ0) is 24.4. The van der Waals surface area contributed by atoms with Crippen molar-refractivity contribution in [1.82, 2.24) is 19.3 Å². The van der Waals surface area contributed by atoms with Crippen LogP contribution in [0.2, 0.25) is 0 Å². The normalized spacial score (nSPS) is 18.4. The zero-order valence-corrected chi connectivity index (χ0v) is 19.7. The van der Waals surface area contributed by atoms with Crippen LogP contribution in [0, 0.1) is 5.82 Å². The molecule has 4 aromatic rings. The third kappa shape index (κ3) is 3.34. The SMILES string of the molecule is O=C(c1ccc2c(ccn2-c2ccc(F)cc2)c1)N1CC(N2CC(N3Cc4ccccc4C3=O)C2)C1. The molecule has 0 radical (unpaired) electrons. The molecule has 180 valence electrons. The number of benzene rings is 3. The number of rotatable bonds is 4. The first-order chi connectivity index (χ1) is 17.5. The highest BCUT2D eigenvalue weighted by molar-refractivity contribution is 5.99. The van der Waals surface area contributed by atoms with Gasteiger partial charge >= 0.3 is 0 Å². The van der Waals surface area contributed by atoms with Crippen molar-refractivity contribution in [1.29, 1.82) is 0 Å². The first-order valence-corrected chi connectivity index (χ1v) is 12.3. The quantitative estimate of drug-likeness (QED) is 0.445. The number of carbonyl (C=O) groups is 2. The van der Waals surface area contributed by atoms with Gasteiger partial charge in [0.25, 0.3) is 11.8 Å². The van der Waals surface area contributed by atoms with Crippen LogP contribution < -0.4 is 0 Å². The summed E-state index contributed by atoms with van der Waals surface area (Å²) in [7, 11) is 0. The van der Waals surface area contributed by atoms with Crippen molar-refractivity contribution < 1.29 is 14.0 Å². The third-order valence-corrected chi connectivity index (χ3v) is 7.89. The molecule has 2 amide bonds. The topological polar surface area (TPSA) is 48.8 Å². The Morgan fingerprint density at radius 3 is 2.42 bits per heavy atom. The molecule has 3 aliphatic heterocycles. The molecule has 36 heavy (non-hydrogen) atoms. The molecule has 7 heteroatoms. The number of hydrogen-bond donors (Lipinski definition) is 0. The second-order valence-electron chi connectivity index (χ2n) is 10.00. The Labute approximate surface area is 208 Å². The second kappa shape index (κ2) is 8.03. The molecule has 3 aliphatic rings. The number of aromatic nitrogens is 1. The Morgan fingerprint density at radius 1 is 0.861 bits per heavy atom. The highest BCUT2D eigenvalue weighted by Crippen LogP contribution is 2.31. The van der Waals surface area contributed by atoms with Gasteiger partial charge in [0, 0.05) is 67.2 Å². The number of halogens is 1. The fourth-order valence-corrected chi connectivity index (χ4v) is 5.69. The van der Waals surface area contributed by atoms with Crippen LogP contribution in [0.5, 0.6) is 0 Å². The van der Waals surface area contributed by atoms with E-state index in [-0.39, 0.29) is 23.7 Å². The van der Waals surface area contributed by atoms with Gasteiger partial charge in [0.1, 0.15) is 5.82 Å². The molecule has 4 heterocycles. The lowest BCUT2D eigenvalue weighted by molar-refractivity contribution is -0.0364. The van der Waals surface area contributed by atoms with Crippen LogP contribution >= 0.6 is 0 Å². The second-order valence-corrected chi connectivity index (χ2v) is 10.00. The molecule has 3 aromatic carbocycles. The molecule has 0 bridgehead atoms. The maximum absolute atomic E-state index is 13.3. The summed E-state index contributed by atoms with van der Waals surface area (Å²) in [5, 5.41) is 0.976. The lowest BCUT2D eigenvalue weighted by Crippen LogP contribution is -2.70. The summed E-state index contributed by atoms with van der Waals surface area (Å²) >= 11 is 0. The molecule has 2 fully saturated rings. The van der Waals surface area contributed by atoms with Gasteiger partial charge in [0.2, 0.25) is 0 Å². The van der Waals surface area contributed by atoms with Crippen molar-refractivity contribution in [3.8, 4) is 5.69 Å². The molecule has 0 saturated carbocycles. The minimum atomic E-state index is -0.264. The van der Waals surface area contributed by atoms with Crippen molar-refractivity contribution in [3.05, 3.63) is 102 Å². The molecule has 6 nitrogen and oxygen atoms in total. The molecule has 7 rings (SSSR count). The minimum absolute atomic E-state index is 0.0462. The highest BCUT2D eigenvalue weighted by atomic mass is 19.1. The summed E-state index contributed by atoms with van der Waals surface area (Å²) in [5.74, 6) is -0.0750. The van der Waals surface area contributed by atoms with Gasteiger partial charge in [0.05, 0.1) is 11.6 Å². The van der Waals surface area contributed by atoms with E-state index in [1.165, 1.54) is 12.1 Å². The van der Waals surface area contributed by atoms with Crippen LogP contribution in [0.3, 0.4) is 0 Å². The Hall–Kier alpha value is -3.97. The van der Waals surface area contributed by atoms with Gasteiger partial charge in [0.15, 0.2) is 0 Å². The highest BCUT2D eigenvalue weighted by Gasteiger charge is 2.45. The summed E-state index contributed by atoms with van der Waals surface area (Å²) in [6.45, 7) is 3.88. The summed E-state index contributed by atoms with van der Waals surface area (Å²) in [6, 6.07) is 22.6. The molecule has 0 unspecified atom stereocenters. The lowest BCUT2D eigenvalue weighted by atomic mass is 9.97. The molecule has 0 spiro atoms. The van der Waals surface area contributed by atoms with Crippen molar-refractivity contribution in [2.24, 2.45) is 0 Å². The summed E-state index contributed by atoms with van der Waals surface area (Å²) in [5.41, 5.74) is 4.49. The minimum Gasteiger partial charge on any atom is -0.335 e. The van der Waals surface area contributed by atoms with E-state index < -0.39 is 0 Å². The average Bonchev–Trinajstić information content (AvgIpc) is 3.41. The van der Waals surface area contributed by atoms with Crippen molar-refractivity contribution >= 4 is 22.7 Å². The van der Waals surface area contributed by atoms with Crippen LogP contribution in [-0.2, 0) is 6.54 Å². The number of nitrogens with zero attached hydrogens (tertiary/aromatic N) is 4. The van der Waals surface area contributed by atoms with Crippen LogP contribution in [-0.4, -0.2) is 69.3 Å². The number of fused-ring (bicyclic) bond motifs is 2. The average molecular weight is 481 g/mol. The van der Waals surface area contributed by atoms with Gasteiger partial charge in [-0.3, -0.25) is 14.5 Å². The monoisotopic (exact) mass is 480 g/mol. The van der Waals surface area contributed by atoms with Crippen molar-refractivity contribution in [2.45, 2.75) is 18.6 Å². The Balaban J connectivity index is 0.967. The molecule has 0 atom stereocenters. The van der Waals surface area contributed by atoms with E-state index in [0.717, 1.165) is 40.8 Å². The van der Waals surface area contributed by atoms with Crippen molar-refractivity contribution in [2.75, 3.05) is 26.2 Å². The summed E-state index contributed by atoms with van der Waals surface area (Å²) in [6.07, 6.45) is 1.94. The van der Waals surface area contributed by atoms with E-state index >= 15 is 0 Å². The standard InChI is InChI=1S/C29H25FN4O2/c30-22-6-8-23(9-7-22)33-12-11-19-13-20(5-10-27(19)33)28(35)32-15-24(16-32)31-17-25(18-31)34-14-21-3-1-2-4-26(21)29(34)36/h1-13,24-25H,14-18H2. The summed E-state index contributed by atoms with van der Waals surface area (Å²) in [4.78, 5) is 32.1. The maximum atomic E-state index is 13.3. The molecule has 2 saturated heterocycles. The van der Waals surface area contributed by atoms with E-state index in [4.69, 9.17) is 0 Å². The Bertz CT molecular complexity index is 1500. The largest absolute Gasteiger partial charge is 0.335 e. The molecule has 1 aromatic heterocycles. The van der Waals surface area contributed by atoms with Crippen LogP contribution in [0.15, 0.2) is 79.0 Å². The van der Waals surface area contributed by atoms with Gasteiger partial charge < -0.3 is 14.4 Å². The van der Waals surface area contributed by atoms with Crippen LogP contribution in [0.1, 0.15) is 26.3 Å². The fourth-order valence-electron chi connectivity index (χ4n) is 5.69. The summed E-state index contributed by atoms with van der Waals surface area (Å²) < 4.78 is 15.3. The number of likely N-dealkylation sites (tertiary alicyclic amines) is 2.